The summed E-state index contributed by atoms with van der Waals surface area (Å²) in [7, 11) is 0. The van der Waals surface area contributed by atoms with Crippen LogP contribution in [-0.4, -0.2) is 34.9 Å². The Hall–Kier alpha value is -2.21. The number of rotatable bonds is 4. The van der Waals surface area contributed by atoms with E-state index in [-0.39, 0.29) is 17.8 Å². The van der Waals surface area contributed by atoms with E-state index in [1.54, 1.807) is 29.1 Å². The van der Waals surface area contributed by atoms with Crippen molar-refractivity contribution in [2.24, 2.45) is 0 Å². The fourth-order valence-electron chi connectivity index (χ4n) is 2.29. The van der Waals surface area contributed by atoms with Crippen LogP contribution in [-0.2, 0) is 4.74 Å². The molecule has 1 aliphatic heterocycles. The zero-order valence-electron chi connectivity index (χ0n) is 11.5. The molecule has 1 N–H and O–H groups in total. The summed E-state index contributed by atoms with van der Waals surface area (Å²) in [6.07, 6.45) is 3.80. The van der Waals surface area contributed by atoms with Crippen LogP contribution in [0.15, 0.2) is 36.5 Å². The molecule has 1 fully saturated rings. The third kappa shape index (κ3) is 3.28. The monoisotopic (exact) mass is 289 g/mol. The van der Waals surface area contributed by atoms with Crippen LogP contribution in [0.5, 0.6) is 0 Å². The fourth-order valence-corrected chi connectivity index (χ4v) is 2.29. The van der Waals surface area contributed by atoms with Gasteiger partial charge in [0.15, 0.2) is 5.69 Å². The summed E-state index contributed by atoms with van der Waals surface area (Å²) in [6, 6.07) is 7.56. The Morgan fingerprint density at radius 1 is 1.38 bits per heavy atom. The van der Waals surface area contributed by atoms with Crippen LogP contribution in [0.3, 0.4) is 0 Å². The van der Waals surface area contributed by atoms with Crippen LogP contribution < -0.4 is 5.32 Å². The van der Waals surface area contributed by atoms with Crippen molar-refractivity contribution >= 4 is 5.91 Å². The molecule has 0 spiro atoms. The highest BCUT2D eigenvalue weighted by Gasteiger charge is 2.17. The number of nitrogens with one attached hydrogen (secondary N) is 1. The lowest BCUT2D eigenvalue weighted by Crippen LogP contribution is -2.32. The number of halogens is 1. The Labute approximate surface area is 121 Å². The minimum absolute atomic E-state index is 0.105. The molecule has 0 aliphatic carbocycles. The van der Waals surface area contributed by atoms with Gasteiger partial charge < -0.3 is 10.1 Å². The maximum Gasteiger partial charge on any atom is 0.271 e. The van der Waals surface area contributed by atoms with Gasteiger partial charge in [-0.05, 0) is 43.2 Å². The molecule has 1 aromatic heterocycles. The predicted octanol–water partition coefficient (Wildman–Crippen LogP) is 1.92. The Morgan fingerprint density at radius 2 is 2.19 bits per heavy atom. The molecule has 21 heavy (non-hydrogen) atoms. The maximum absolute atomic E-state index is 12.9. The Balaban J connectivity index is 1.63. The molecule has 0 radical (unpaired) electrons. The first-order valence-electron chi connectivity index (χ1n) is 6.94. The number of nitrogens with zero attached hydrogens (tertiary/aromatic N) is 2. The van der Waals surface area contributed by atoms with Crippen molar-refractivity contribution < 1.29 is 13.9 Å². The molecular formula is C15H16FN3O2. The molecule has 5 nitrogen and oxygen atoms in total. The number of hydrogen-bond donors (Lipinski definition) is 1. The molecule has 1 amide bonds. The molecule has 2 aromatic rings. The van der Waals surface area contributed by atoms with Crippen molar-refractivity contribution in [3.8, 4) is 5.69 Å². The van der Waals surface area contributed by atoms with Crippen molar-refractivity contribution in [2.75, 3.05) is 13.2 Å². The zero-order chi connectivity index (χ0) is 14.7. The molecule has 6 heteroatoms. The second-order valence-electron chi connectivity index (χ2n) is 4.97. The van der Waals surface area contributed by atoms with Crippen LogP contribution >= 0.6 is 0 Å². The lowest BCUT2D eigenvalue weighted by Gasteiger charge is -2.09. The first-order valence-corrected chi connectivity index (χ1v) is 6.94. The minimum atomic E-state index is -0.305. The molecule has 3 rings (SSSR count). The number of ether oxygens (including phenoxy) is 1. The summed E-state index contributed by atoms with van der Waals surface area (Å²) >= 11 is 0. The second kappa shape index (κ2) is 6.05. The van der Waals surface area contributed by atoms with E-state index >= 15 is 0 Å². The lowest BCUT2D eigenvalue weighted by atomic mass is 10.2. The van der Waals surface area contributed by atoms with Crippen molar-refractivity contribution in [2.45, 2.75) is 18.9 Å². The van der Waals surface area contributed by atoms with E-state index in [1.807, 2.05) is 0 Å². The molecule has 1 aliphatic rings. The van der Waals surface area contributed by atoms with Crippen molar-refractivity contribution in [1.29, 1.82) is 0 Å². The van der Waals surface area contributed by atoms with Gasteiger partial charge >= 0.3 is 0 Å². The van der Waals surface area contributed by atoms with Gasteiger partial charge in [0.05, 0.1) is 11.8 Å². The van der Waals surface area contributed by atoms with Crippen molar-refractivity contribution in [3.05, 3.63) is 48.0 Å². The van der Waals surface area contributed by atoms with E-state index in [4.69, 9.17) is 4.74 Å². The predicted molar refractivity (Wildman–Crippen MR) is 74.8 cm³/mol. The van der Waals surface area contributed by atoms with Gasteiger partial charge in [-0.3, -0.25) is 4.79 Å². The largest absolute Gasteiger partial charge is 0.376 e. The highest BCUT2D eigenvalue weighted by molar-refractivity contribution is 5.92. The SMILES string of the molecule is O=C(NC[C@H]1CCCO1)c1ccn(-c2ccc(F)cc2)n1. The molecule has 0 saturated carbocycles. The van der Waals surface area contributed by atoms with Gasteiger partial charge in [0.1, 0.15) is 5.82 Å². The van der Waals surface area contributed by atoms with E-state index in [2.05, 4.69) is 10.4 Å². The Morgan fingerprint density at radius 3 is 2.90 bits per heavy atom. The van der Waals surface area contributed by atoms with Gasteiger partial charge in [-0.25, -0.2) is 9.07 Å². The normalized spacial score (nSPS) is 17.9. The number of carbonyl (C=O) groups is 1. The zero-order valence-corrected chi connectivity index (χ0v) is 11.5. The van der Waals surface area contributed by atoms with Gasteiger partial charge in [0, 0.05) is 19.3 Å². The number of amides is 1. The summed E-state index contributed by atoms with van der Waals surface area (Å²) < 4.78 is 19.9. The van der Waals surface area contributed by atoms with Gasteiger partial charge in [0.25, 0.3) is 5.91 Å². The highest BCUT2D eigenvalue weighted by atomic mass is 19.1. The number of carbonyl (C=O) groups excluding carboxylic acids is 1. The second-order valence-corrected chi connectivity index (χ2v) is 4.97. The first kappa shape index (κ1) is 13.8. The summed E-state index contributed by atoms with van der Waals surface area (Å²) in [6.45, 7) is 1.27. The molecule has 110 valence electrons. The minimum Gasteiger partial charge on any atom is -0.376 e. The Kier molecular flexibility index (Phi) is 3.96. The van der Waals surface area contributed by atoms with Crippen LogP contribution in [0.1, 0.15) is 23.3 Å². The smallest absolute Gasteiger partial charge is 0.271 e. The summed E-state index contributed by atoms with van der Waals surface area (Å²) in [5.41, 5.74) is 1.03. The summed E-state index contributed by atoms with van der Waals surface area (Å²) in [5.74, 6) is -0.535. The molecule has 1 aromatic carbocycles. The third-order valence-electron chi connectivity index (χ3n) is 3.43. The number of hydrogen-bond acceptors (Lipinski definition) is 3. The first-order chi connectivity index (χ1) is 10.2. The van der Waals surface area contributed by atoms with Crippen molar-refractivity contribution in [3.63, 3.8) is 0 Å². The van der Waals surface area contributed by atoms with Gasteiger partial charge in [0.2, 0.25) is 0 Å². The molecular weight excluding hydrogens is 273 g/mol. The number of aromatic nitrogens is 2. The van der Waals surface area contributed by atoms with Crippen LogP contribution in [0.4, 0.5) is 4.39 Å². The van der Waals surface area contributed by atoms with Gasteiger partial charge in [-0.15, -0.1) is 0 Å². The van der Waals surface area contributed by atoms with Crippen molar-refractivity contribution in [1.82, 2.24) is 15.1 Å². The topological polar surface area (TPSA) is 56.1 Å². The van der Waals surface area contributed by atoms with E-state index < -0.39 is 0 Å². The molecule has 1 saturated heterocycles. The van der Waals surface area contributed by atoms with E-state index in [0.29, 0.717) is 17.9 Å². The summed E-state index contributed by atoms with van der Waals surface area (Å²) in [4.78, 5) is 12.0. The molecule has 1 atom stereocenters. The highest BCUT2D eigenvalue weighted by Crippen LogP contribution is 2.11. The van der Waals surface area contributed by atoms with Gasteiger partial charge in [-0.1, -0.05) is 0 Å². The van der Waals surface area contributed by atoms with Gasteiger partial charge in [-0.2, -0.15) is 5.10 Å². The molecule has 0 bridgehead atoms. The maximum atomic E-state index is 12.9. The fraction of sp³-hybridized carbons (Fsp3) is 0.333. The summed E-state index contributed by atoms with van der Waals surface area (Å²) in [5, 5.41) is 7.01. The van der Waals surface area contributed by atoms with Crippen LogP contribution in [0, 0.1) is 5.82 Å². The van der Waals surface area contributed by atoms with Crippen LogP contribution in [0.2, 0.25) is 0 Å². The Bertz CT molecular complexity index is 618. The lowest BCUT2D eigenvalue weighted by molar-refractivity contribution is 0.0853. The molecule has 2 heterocycles. The molecule has 0 unspecified atom stereocenters. The number of benzene rings is 1. The average molecular weight is 289 g/mol. The third-order valence-corrected chi connectivity index (χ3v) is 3.43. The van der Waals surface area contributed by atoms with E-state index in [9.17, 15) is 9.18 Å². The van der Waals surface area contributed by atoms with E-state index in [1.165, 1.54) is 12.1 Å². The average Bonchev–Trinajstić information content (AvgIpc) is 3.17. The standard InChI is InChI=1S/C15H16FN3O2/c16-11-3-5-12(6-4-11)19-8-7-14(18-19)15(20)17-10-13-2-1-9-21-13/h3-8,13H,1-2,9-10H2,(H,17,20)/t13-/m1/s1. The quantitative estimate of drug-likeness (QED) is 0.935. The van der Waals surface area contributed by atoms with Crippen LogP contribution in [0.25, 0.3) is 5.69 Å². The van der Waals surface area contributed by atoms with E-state index in [0.717, 1.165) is 19.4 Å².